The predicted molar refractivity (Wildman–Crippen MR) is 108 cm³/mol. The lowest BCUT2D eigenvalue weighted by molar-refractivity contribution is 0.570. The van der Waals surface area contributed by atoms with E-state index in [1.165, 1.54) is 34.4 Å². The zero-order valence-electron chi connectivity index (χ0n) is 14.2. The van der Waals surface area contributed by atoms with Crippen molar-refractivity contribution in [2.45, 2.75) is 17.9 Å². The third-order valence-corrected chi connectivity index (χ3v) is 6.36. The van der Waals surface area contributed by atoms with Crippen molar-refractivity contribution in [2.75, 3.05) is 10.0 Å². The first-order chi connectivity index (χ1) is 13.2. The zero-order chi connectivity index (χ0) is 20.5. The number of anilines is 2. The molecule has 0 aliphatic heterocycles. The molecule has 0 aliphatic carbocycles. The number of nitrogens with one attached hydrogen (secondary N) is 2. The molecule has 0 unspecified atom stereocenters. The van der Waals surface area contributed by atoms with Gasteiger partial charge in [-0.15, -0.1) is 11.3 Å². The Bertz CT molecular complexity index is 1110. The smallest absolute Gasteiger partial charge is 0.266 e. The minimum absolute atomic E-state index is 0.0435. The molecule has 0 saturated carbocycles. The molecular weight excluding hydrogens is 451 g/mol. The number of hydrogen-bond acceptors (Lipinski definition) is 5. The van der Waals surface area contributed by atoms with Gasteiger partial charge in [-0.2, -0.15) is 0 Å². The van der Waals surface area contributed by atoms with Gasteiger partial charge in [0, 0.05) is 10.9 Å². The number of sulfonamides is 1. The topological polar surface area (TPSA) is 71.1 Å². The summed E-state index contributed by atoms with van der Waals surface area (Å²) in [7, 11) is -4.22. The highest BCUT2D eigenvalue weighted by atomic mass is 35.5. The van der Waals surface area contributed by atoms with Crippen LogP contribution in [0.2, 0.25) is 10.0 Å². The van der Waals surface area contributed by atoms with Crippen LogP contribution >= 0.6 is 34.5 Å². The summed E-state index contributed by atoms with van der Waals surface area (Å²) in [4.78, 5) is 3.17. The summed E-state index contributed by atoms with van der Waals surface area (Å²) in [5.74, 6) is -1.55. The first-order valence-corrected chi connectivity index (χ1v) is 11.0. The lowest BCUT2D eigenvalue weighted by atomic mass is 10.1. The van der Waals surface area contributed by atoms with Crippen LogP contribution in [-0.2, 0) is 10.0 Å². The number of aromatic nitrogens is 1. The van der Waals surface area contributed by atoms with E-state index in [0.717, 1.165) is 12.1 Å². The van der Waals surface area contributed by atoms with Crippen LogP contribution in [0.15, 0.2) is 46.1 Å². The molecule has 1 atom stereocenters. The van der Waals surface area contributed by atoms with Crippen molar-refractivity contribution in [3.05, 3.63) is 68.5 Å². The SMILES string of the molecule is C[C@H](Nc1cc(F)c(S(=O)(=O)Nc2cscn2)cc1Cl)c1cccc(Cl)c1F. The summed E-state index contributed by atoms with van der Waals surface area (Å²) < 4.78 is 55.6. The molecule has 2 aromatic carbocycles. The van der Waals surface area contributed by atoms with E-state index in [0.29, 0.717) is 0 Å². The highest BCUT2D eigenvalue weighted by molar-refractivity contribution is 7.92. The van der Waals surface area contributed by atoms with Gasteiger partial charge in [-0.1, -0.05) is 35.3 Å². The van der Waals surface area contributed by atoms with Crippen molar-refractivity contribution in [2.24, 2.45) is 0 Å². The maximum absolute atomic E-state index is 14.5. The summed E-state index contributed by atoms with van der Waals surface area (Å²) in [5.41, 5.74) is 1.80. The first kappa shape index (κ1) is 20.8. The van der Waals surface area contributed by atoms with Gasteiger partial charge in [0.1, 0.15) is 16.5 Å². The molecule has 5 nitrogen and oxygen atoms in total. The molecule has 0 fully saturated rings. The molecule has 28 heavy (non-hydrogen) atoms. The fourth-order valence-corrected chi connectivity index (χ4v) is 4.58. The molecule has 3 rings (SSSR count). The van der Waals surface area contributed by atoms with Crippen LogP contribution in [0, 0.1) is 11.6 Å². The molecule has 0 radical (unpaired) electrons. The number of nitrogens with zero attached hydrogens (tertiary/aromatic N) is 1. The van der Waals surface area contributed by atoms with Gasteiger partial charge in [-0.3, -0.25) is 4.72 Å². The van der Waals surface area contributed by atoms with Crippen molar-refractivity contribution in [3.63, 3.8) is 0 Å². The van der Waals surface area contributed by atoms with Gasteiger partial charge in [-0.25, -0.2) is 22.2 Å². The first-order valence-electron chi connectivity index (χ1n) is 7.79. The van der Waals surface area contributed by atoms with E-state index >= 15 is 0 Å². The molecule has 1 heterocycles. The second kappa shape index (κ2) is 8.20. The second-order valence-electron chi connectivity index (χ2n) is 5.75. The molecule has 11 heteroatoms. The van der Waals surface area contributed by atoms with E-state index in [2.05, 4.69) is 15.0 Å². The Hall–Kier alpha value is -1.94. The molecule has 2 N–H and O–H groups in total. The number of benzene rings is 2. The second-order valence-corrected chi connectivity index (χ2v) is 8.93. The fraction of sp³-hybridized carbons (Fsp3) is 0.118. The van der Waals surface area contributed by atoms with Crippen LogP contribution in [0.1, 0.15) is 18.5 Å². The zero-order valence-corrected chi connectivity index (χ0v) is 17.4. The van der Waals surface area contributed by atoms with Crippen molar-refractivity contribution in [1.82, 2.24) is 4.98 Å². The van der Waals surface area contributed by atoms with E-state index < -0.39 is 32.6 Å². The fourth-order valence-electron chi connectivity index (χ4n) is 2.47. The number of hydrogen-bond donors (Lipinski definition) is 2. The van der Waals surface area contributed by atoms with Gasteiger partial charge in [0.15, 0.2) is 5.82 Å². The Morgan fingerprint density at radius 2 is 1.93 bits per heavy atom. The Morgan fingerprint density at radius 3 is 2.61 bits per heavy atom. The lowest BCUT2D eigenvalue weighted by Gasteiger charge is -2.18. The molecule has 0 bridgehead atoms. The van der Waals surface area contributed by atoms with E-state index in [4.69, 9.17) is 23.2 Å². The maximum Gasteiger partial charge on any atom is 0.266 e. The van der Waals surface area contributed by atoms with Crippen LogP contribution in [0.3, 0.4) is 0 Å². The predicted octanol–water partition coefficient (Wildman–Crippen LogP) is 5.70. The van der Waals surface area contributed by atoms with Gasteiger partial charge < -0.3 is 5.32 Å². The van der Waals surface area contributed by atoms with Crippen LogP contribution in [0.25, 0.3) is 0 Å². The van der Waals surface area contributed by atoms with Crippen LogP contribution in [0.4, 0.5) is 20.3 Å². The summed E-state index contributed by atoms with van der Waals surface area (Å²) in [6, 6.07) is 5.84. The number of rotatable bonds is 6. The minimum atomic E-state index is -4.22. The Labute approximate surface area is 174 Å². The molecule has 0 saturated heterocycles. The third kappa shape index (κ3) is 4.38. The molecule has 148 valence electrons. The Kier molecular flexibility index (Phi) is 6.09. The number of thiazole rings is 1. The summed E-state index contributed by atoms with van der Waals surface area (Å²) in [6.45, 7) is 1.64. The normalized spacial score (nSPS) is 12.6. The van der Waals surface area contributed by atoms with Crippen LogP contribution in [0.5, 0.6) is 0 Å². The van der Waals surface area contributed by atoms with E-state index in [1.807, 2.05) is 0 Å². The summed E-state index contributed by atoms with van der Waals surface area (Å²) >= 11 is 13.1. The molecular formula is C17H13Cl2F2N3O2S2. The average Bonchev–Trinajstić information content (AvgIpc) is 3.12. The van der Waals surface area contributed by atoms with Crippen LogP contribution in [-0.4, -0.2) is 13.4 Å². The number of halogens is 4. The van der Waals surface area contributed by atoms with Gasteiger partial charge in [0.2, 0.25) is 0 Å². The largest absolute Gasteiger partial charge is 0.377 e. The van der Waals surface area contributed by atoms with Crippen molar-refractivity contribution in [3.8, 4) is 0 Å². The molecule has 3 aromatic rings. The highest BCUT2D eigenvalue weighted by Gasteiger charge is 2.23. The summed E-state index contributed by atoms with van der Waals surface area (Å²) in [6.07, 6.45) is 0. The van der Waals surface area contributed by atoms with Crippen LogP contribution < -0.4 is 10.0 Å². The molecule has 1 aromatic heterocycles. The molecule has 0 spiro atoms. The van der Waals surface area contributed by atoms with Crippen molar-refractivity contribution >= 4 is 56.1 Å². The third-order valence-electron chi connectivity index (χ3n) is 3.80. The van der Waals surface area contributed by atoms with Gasteiger partial charge >= 0.3 is 0 Å². The molecule has 0 amide bonds. The Balaban J connectivity index is 1.88. The van der Waals surface area contributed by atoms with E-state index in [-0.39, 0.29) is 27.1 Å². The van der Waals surface area contributed by atoms with Gasteiger partial charge in [0.25, 0.3) is 10.0 Å². The van der Waals surface area contributed by atoms with E-state index in [1.54, 1.807) is 13.0 Å². The molecule has 0 aliphatic rings. The summed E-state index contributed by atoms with van der Waals surface area (Å²) in [5, 5.41) is 4.24. The lowest BCUT2D eigenvalue weighted by Crippen LogP contribution is -2.16. The Morgan fingerprint density at radius 1 is 1.18 bits per heavy atom. The standard InChI is InChI=1S/C17H13Cl2F2N3O2S2/c1-9(10-3-2-4-11(18)17(10)21)23-14-6-13(20)15(5-12(14)19)28(25,26)24-16-7-27-8-22-16/h2-9,23-24H,1H3/t9-/m0/s1. The van der Waals surface area contributed by atoms with Gasteiger partial charge in [0.05, 0.1) is 27.3 Å². The quantitative estimate of drug-likeness (QED) is 0.491. The average molecular weight is 464 g/mol. The minimum Gasteiger partial charge on any atom is -0.377 e. The van der Waals surface area contributed by atoms with E-state index in [9.17, 15) is 17.2 Å². The van der Waals surface area contributed by atoms with Crippen molar-refractivity contribution in [1.29, 1.82) is 0 Å². The maximum atomic E-state index is 14.5. The monoisotopic (exact) mass is 463 g/mol. The van der Waals surface area contributed by atoms with Gasteiger partial charge in [-0.05, 0) is 25.1 Å². The highest BCUT2D eigenvalue weighted by Crippen LogP contribution is 2.33. The van der Waals surface area contributed by atoms with Crippen molar-refractivity contribution < 1.29 is 17.2 Å².